The Morgan fingerprint density at radius 2 is 2.06 bits per heavy atom. The van der Waals surface area contributed by atoms with Crippen LogP contribution in [0.25, 0.3) is 0 Å². The van der Waals surface area contributed by atoms with Crippen LogP contribution in [0, 0.1) is 0 Å². The number of rotatable bonds is 7. The minimum absolute atomic E-state index is 0.0366. The molecule has 1 aliphatic heterocycles. The van der Waals surface area contributed by atoms with Crippen molar-refractivity contribution in [3.05, 3.63) is 0 Å². The third-order valence-corrected chi connectivity index (χ3v) is 3.39. The molecular formula is C13H28N2O3. The lowest BCUT2D eigenvalue weighted by atomic mass is 10.2. The number of ether oxygens (including phenoxy) is 2. The minimum Gasteiger partial charge on any atom is -0.389 e. The summed E-state index contributed by atoms with van der Waals surface area (Å²) in [6.45, 7) is 8.94. The van der Waals surface area contributed by atoms with Crippen molar-refractivity contribution in [3.8, 4) is 0 Å². The first kappa shape index (κ1) is 15.9. The molecule has 1 heterocycles. The Kier molecular flexibility index (Phi) is 7.11. The maximum atomic E-state index is 9.98. The Hall–Kier alpha value is -0.200. The summed E-state index contributed by atoms with van der Waals surface area (Å²) in [6, 6.07) is 0.495. The summed E-state index contributed by atoms with van der Waals surface area (Å²) < 4.78 is 10.5. The number of likely N-dealkylation sites (N-methyl/N-ethyl adjacent to an activating group) is 1. The highest BCUT2D eigenvalue weighted by molar-refractivity contribution is 4.79. The van der Waals surface area contributed by atoms with E-state index in [4.69, 9.17) is 9.47 Å². The zero-order valence-corrected chi connectivity index (χ0v) is 12.1. The van der Waals surface area contributed by atoms with Gasteiger partial charge in [0.25, 0.3) is 0 Å². The molecule has 1 rings (SSSR count). The molecule has 0 amide bonds. The fourth-order valence-electron chi connectivity index (χ4n) is 2.33. The molecule has 1 saturated heterocycles. The van der Waals surface area contributed by atoms with Gasteiger partial charge in [-0.3, -0.25) is 4.90 Å². The monoisotopic (exact) mass is 260 g/mol. The van der Waals surface area contributed by atoms with Crippen molar-refractivity contribution < 1.29 is 14.6 Å². The van der Waals surface area contributed by atoms with Crippen LogP contribution < -0.4 is 0 Å². The van der Waals surface area contributed by atoms with Gasteiger partial charge in [-0.25, -0.2) is 0 Å². The number of nitrogens with zero attached hydrogens (tertiary/aromatic N) is 2. The highest BCUT2D eigenvalue weighted by Crippen LogP contribution is 2.08. The number of β-amino-alcohol motifs (C(OH)–C–C–N with tert-alkyl or cyclic N) is 1. The van der Waals surface area contributed by atoms with Gasteiger partial charge in [-0.05, 0) is 20.9 Å². The summed E-state index contributed by atoms with van der Waals surface area (Å²) >= 11 is 0. The molecule has 0 saturated carbocycles. The van der Waals surface area contributed by atoms with Gasteiger partial charge in [-0.15, -0.1) is 0 Å². The van der Waals surface area contributed by atoms with Crippen molar-refractivity contribution in [2.45, 2.75) is 32.1 Å². The van der Waals surface area contributed by atoms with Crippen LogP contribution in [0.3, 0.4) is 0 Å². The third kappa shape index (κ3) is 5.63. The van der Waals surface area contributed by atoms with Gasteiger partial charge < -0.3 is 19.5 Å². The number of hydrogen-bond acceptors (Lipinski definition) is 5. The molecule has 5 nitrogen and oxygen atoms in total. The molecule has 0 spiro atoms. The number of methoxy groups -OCH3 is 1. The summed E-state index contributed by atoms with van der Waals surface area (Å²) in [4.78, 5) is 4.65. The van der Waals surface area contributed by atoms with Gasteiger partial charge in [0.05, 0.1) is 25.4 Å². The second-order valence-electron chi connectivity index (χ2n) is 5.36. The van der Waals surface area contributed by atoms with E-state index >= 15 is 0 Å². The van der Waals surface area contributed by atoms with Gasteiger partial charge in [0.15, 0.2) is 0 Å². The summed E-state index contributed by atoms with van der Waals surface area (Å²) in [6.07, 6.45) is -0.385. The van der Waals surface area contributed by atoms with Crippen LogP contribution in [0.15, 0.2) is 0 Å². The van der Waals surface area contributed by atoms with Crippen molar-refractivity contribution in [1.82, 2.24) is 9.80 Å². The lowest BCUT2D eigenvalue weighted by Gasteiger charge is -2.39. The molecule has 0 aliphatic carbocycles. The van der Waals surface area contributed by atoms with Crippen LogP contribution in [0.4, 0.5) is 0 Å². The molecule has 3 atom stereocenters. The van der Waals surface area contributed by atoms with Gasteiger partial charge in [0.1, 0.15) is 0 Å². The molecule has 3 unspecified atom stereocenters. The first-order chi connectivity index (χ1) is 8.52. The minimum atomic E-state index is -0.421. The van der Waals surface area contributed by atoms with Crippen molar-refractivity contribution in [2.24, 2.45) is 0 Å². The predicted octanol–water partition coefficient (Wildman–Crippen LogP) is 0.0347. The maximum absolute atomic E-state index is 9.98. The molecule has 5 heteroatoms. The van der Waals surface area contributed by atoms with E-state index in [1.165, 1.54) is 0 Å². The Morgan fingerprint density at radius 3 is 2.67 bits per heavy atom. The highest BCUT2D eigenvalue weighted by Gasteiger charge is 2.23. The number of aliphatic hydroxyl groups excluding tert-OH is 1. The van der Waals surface area contributed by atoms with Crippen molar-refractivity contribution in [2.75, 3.05) is 53.6 Å². The quantitative estimate of drug-likeness (QED) is 0.700. The molecular weight excluding hydrogens is 232 g/mol. The molecule has 0 aromatic rings. The zero-order chi connectivity index (χ0) is 13.5. The van der Waals surface area contributed by atoms with Gasteiger partial charge in [0.2, 0.25) is 0 Å². The first-order valence-electron chi connectivity index (χ1n) is 6.74. The van der Waals surface area contributed by atoms with Crippen molar-refractivity contribution >= 4 is 0 Å². The smallest absolute Gasteiger partial charge is 0.0900 e. The average Bonchev–Trinajstić information content (AvgIpc) is 2.31. The molecule has 1 fully saturated rings. The van der Waals surface area contributed by atoms with Gasteiger partial charge >= 0.3 is 0 Å². The molecule has 0 bridgehead atoms. The molecule has 1 aliphatic rings. The van der Waals surface area contributed by atoms with Gasteiger partial charge in [-0.1, -0.05) is 0 Å². The molecule has 0 aromatic carbocycles. The fourth-order valence-corrected chi connectivity index (χ4v) is 2.33. The number of piperazine rings is 1. The van der Waals surface area contributed by atoms with Gasteiger partial charge in [-0.2, -0.15) is 0 Å². The lowest BCUT2D eigenvalue weighted by Crippen LogP contribution is -2.52. The van der Waals surface area contributed by atoms with E-state index in [9.17, 15) is 5.11 Å². The zero-order valence-electron chi connectivity index (χ0n) is 12.1. The lowest BCUT2D eigenvalue weighted by molar-refractivity contribution is -0.0468. The molecule has 1 N–H and O–H groups in total. The molecule has 108 valence electrons. The fraction of sp³-hybridized carbons (Fsp3) is 1.00. The van der Waals surface area contributed by atoms with E-state index in [1.54, 1.807) is 7.11 Å². The topological polar surface area (TPSA) is 45.2 Å². The van der Waals surface area contributed by atoms with Crippen LogP contribution in [-0.4, -0.2) is 86.7 Å². The Balaban J connectivity index is 2.21. The normalized spacial score (nSPS) is 26.2. The van der Waals surface area contributed by atoms with Crippen molar-refractivity contribution in [1.29, 1.82) is 0 Å². The SMILES string of the molecule is COCC(C)OCC(O)CN1CCN(C)CC1C. The first-order valence-corrected chi connectivity index (χ1v) is 6.74. The standard InChI is InChI=1S/C13H28N2O3/c1-11-7-14(3)5-6-15(11)8-13(16)10-18-12(2)9-17-4/h11-13,16H,5-10H2,1-4H3. The van der Waals surface area contributed by atoms with Crippen LogP contribution in [-0.2, 0) is 9.47 Å². The number of hydrogen-bond donors (Lipinski definition) is 1. The van der Waals surface area contributed by atoms with E-state index in [0.29, 0.717) is 25.8 Å². The Bertz CT molecular complexity index is 228. The Morgan fingerprint density at radius 1 is 1.33 bits per heavy atom. The summed E-state index contributed by atoms with van der Waals surface area (Å²) in [5, 5.41) is 9.98. The van der Waals surface area contributed by atoms with E-state index in [0.717, 1.165) is 19.6 Å². The van der Waals surface area contributed by atoms with Crippen LogP contribution in [0.2, 0.25) is 0 Å². The summed E-state index contributed by atoms with van der Waals surface area (Å²) in [7, 11) is 3.79. The third-order valence-electron chi connectivity index (χ3n) is 3.39. The van der Waals surface area contributed by atoms with Crippen molar-refractivity contribution in [3.63, 3.8) is 0 Å². The number of aliphatic hydroxyl groups is 1. The van der Waals surface area contributed by atoms with E-state index in [1.807, 2.05) is 6.92 Å². The highest BCUT2D eigenvalue weighted by atomic mass is 16.5. The van der Waals surface area contributed by atoms with Gasteiger partial charge in [0, 0.05) is 39.3 Å². The molecule has 0 aromatic heterocycles. The molecule has 0 radical (unpaired) electrons. The second-order valence-corrected chi connectivity index (χ2v) is 5.36. The van der Waals surface area contributed by atoms with Crippen LogP contribution in [0.1, 0.15) is 13.8 Å². The summed E-state index contributed by atoms with van der Waals surface area (Å²) in [5.41, 5.74) is 0. The second kappa shape index (κ2) is 8.07. The largest absolute Gasteiger partial charge is 0.389 e. The molecule has 18 heavy (non-hydrogen) atoms. The summed E-state index contributed by atoms with van der Waals surface area (Å²) in [5.74, 6) is 0. The maximum Gasteiger partial charge on any atom is 0.0900 e. The van der Waals surface area contributed by atoms with Crippen LogP contribution in [0.5, 0.6) is 0 Å². The average molecular weight is 260 g/mol. The Labute approximate surface area is 111 Å². The predicted molar refractivity (Wildman–Crippen MR) is 71.8 cm³/mol. The van der Waals surface area contributed by atoms with E-state index in [2.05, 4.69) is 23.8 Å². The van der Waals surface area contributed by atoms with Crippen LogP contribution >= 0.6 is 0 Å². The van der Waals surface area contributed by atoms with E-state index in [-0.39, 0.29) is 6.10 Å². The van der Waals surface area contributed by atoms with E-state index < -0.39 is 6.10 Å².